The number of aliphatic carboxylic acids is 1. The van der Waals surface area contributed by atoms with Crippen LogP contribution in [-0.2, 0) is 19.1 Å². The minimum atomic E-state index is -0.816. The van der Waals surface area contributed by atoms with Crippen molar-refractivity contribution < 1.29 is 28.6 Å². The Bertz CT molecular complexity index is 1020. The molecule has 0 saturated carbocycles. The summed E-state index contributed by atoms with van der Waals surface area (Å²) in [6.45, 7) is 11.9. The van der Waals surface area contributed by atoms with Crippen LogP contribution < -0.4 is 5.73 Å². The summed E-state index contributed by atoms with van der Waals surface area (Å²) >= 11 is 0. The highest BCUT2D eigenvalue weighted by Gasteiger charge is 2.38. The third kappa shape index (κ3) is 21.3. The molecule has 0 bridgehead atoms. The molecule has 1 aromatic rings. The molecule has 1 aliphatic heterocycles. The predicted molar refractivity (Wildman–Crippen MR) is 180 cm³/mol. The Labute approximate surface area is 271 Å². The number of aryl methyl sites for hydroxylation is 1. The molecule has 9 nitrogen and oxygen atoms in total. The lowest BCUT2D eigenvalue weighted by Gasteiger charge is -2.22. The fraction of sp³-hybridized carbons (Fsp3) is 0.743. The largest absolute Gasteiger partial charge is 0.481 e. The Kier molecular flexibility index (Phi) is 23.5. The zero-order valence-corrected chi connectivity index (χ0v) is 28.7. The maximum atomic E-state index is 12.7. The van der Waals surface area contributed by atoms with Gasteiger partial charge in [0.15, 0.2) is 11.4 Å². The van der Waals surface area contributed by atoms with Crippen molar-refractivity contribution in [3.63, 3.8) is 0 Å². The second-order valence-corrected chi connectivity index (χ2v) is 12.0. The molecule has 0 spiro atoms. The van der Waals surface area contributed by atoms with E-state index in [0.29, 0.717) is 30.1 Å². The number of terminal acetylenes is 1. The summed E-state index contributed by atoms with van der Waals surface area (Å²) in [5.41, 5.74) is 5.71. The van der Waals surface area contributed by atoms with Gasteiger partial charge in [-0.1, -0.05) is 97.8 Å². The van der Waals surface area contributed by atoms with Crippen molar-refractivity contribution in [1.29, 1.82) is 0 Å². The van der Waals surface area contributed by atoms with Gasteiger partial charge in [-0.15, -0.1) is 6.42 Å². The molecule has 1 aliphatic rings. The number of aliphatic imine (C=N–C) groups is 1. The van der Waals surface area contributed by atoms with Crippen molar-refractivity contribution in [2.75, 3.05) is 12.3 Å². The molecule has 2 atom stereocenters. The number of aromatic nitrogens is 2. The van der Waals surface area contributed by atoms with Crippen LogP contribution in [0.25, 0.3) is 0 Å². The lowest BCUT2D eigenvalue weighted by atomic mass is 10.0. The quantitative estimate of drug-likeness (QED) is 0.0539. The number of unbranched alkanes of at least 4 members (excludes halogenated alkanes) is 10. The SMILES string of the molecule is C#CC1(COC(=O)CCCCCCCCCCCCC)CCC(C)O1.CCCC(=O)O.Cc1nc(F)nc(N)c1N=CC(C)C. The summed E-state index contributed by atoms with van der Waals surface area (Å²) in [5.74, 6) is 2.20. The van der Waals surface area contributed by atoms with E-state index in [-0.39, 0.29) is 24.5 Å². The van der Waals surface area contributed by atoms with Gasteiger partial charge in [-0.3, -0.25) is 14.6 Å². The van der Waals surface area contributed by atoms with Crippen LogP contribution in [-0.4, -0.2) is 51.5 Å². The number of halogens is 1. The molecule has 0 radical (unpaired) electrons. The normalized spacial score (nSPS) is 17.3. The van der Waals surface area contributed by atoms with E-state index >= 15 is 0 Å². The number of esters is 1. The van der Waals surface area contributed by atoms with Gasteiger partial charge in [0.2, 0.25) is 0 Å². The molecule has 3 N–H and O–H groups in total. The van der Waals surface area contributed by atoms with E-state index in [1.807, 2.05) is 27.7 Å². The Hall–Kier alpha value is -3.06. The first-order chi connectivity index (χ1) is 21.4. The van der Waals surface area contributed by atoms with Crippen LogP contribution in [0.1, 0.15) is 143 Å². The molecule has 1 aromatic heterocycles. The molecule has 1 saturated heterocycles. The first-order valence-electron chi connectivity index (χ1n) is 16.8. The highest BCUT2D eigenvalue weighted by atomic mass is 19.1. The average molecular weight is 635 g/mol. The van der Waals surface area contributed by atoms with Crippen molar-refractivity contribution in [3.05, 3.63) is 11.8 Å². The second kappa shape index (κ2) is 25.2. The number of anilines is 1. The number of ether oxygens (including phenoxy) is 2. The van der Waals surface area contributed by atoms with Crippen LogP contribution in [0.2, 0.25) is 0 Å². The van der Waals surface area contributed by atoms with Gasteiger partial charge in [-0.05, 0) is 45.4 Å². The van der Waals surface area contributed by atoms with Crippen LogP contribution >= 0.6 is 0 Å². The summed E-state index contributed by atoms with van der Waals surface area (Å²) in [4.78, 5) is 32.5. The molecule has 2 unspecified atom stereocenters. The number of nitrogens with zero attached hydrogens (tertiary/aromatic N) is 3. The van der Waals surface area contributed by atoms with E-state index in [1.54, 1.807) is 13.1 Å². The van der Waals surface area contributed by atoms with Gasteiger partial charge in [0.25, 0.3) is 0 Å². The standard InChI is InChI=1S/C22H38O3.C9H13FN4.C4H8O2/c1-4-6-7-8-9-10-11-12-13-14-15-16-21(23)24-19-22(5-2)18-17-20(3)25-22;1-5(2)4-12-7-6(3)13-9(10)14-8(7)11;1-2-3-4(5)6/h2,20H,4,6-19H2,1,3H3;4-5H,1-3H3,(H2,11,13,14);2-3H2,1H3,(H,5,6). The smallest absolute Gasteiger partial charge is 0.310 e. The van der Waals surface area contributed by atoms with Crippen molar-refractivity contribution in [1.82, 2.24) is 9.97 Å². The monoisotopic (exact) mass is 634 g/mol. The minimum absolute atomic E-state index is 0.0758. The third-order valence-electron chi connectivity index (χ3n) is 7.12. The summed E-state index contributed by atoms with van der Waals surface area (Å²) in [7, 11) is 0. The molecule has 45 heavy (non-hydrogen) atoms. The molecule has 0 aliphatic carbocycles. The summed E-state index contributed by atoms with van der Waals surface area (Å²) in [6.07, 6.45) is 23.9. The fourth-order valence-electron chi connectivity index (χ4n) is 4.55. The van der Waals surface area contributed by atoms with Crippen LogP contribution in [0.5, 0.6) is 0 Å². The lowest BCUT2D eigenvalue weighted by Crippen LogP contribution is -2.34. The first kappa shape index (κ1) is 41.9. The van der Waals surface area contributed by atoms with Crippen LogP contribution in [0.3, 0.4) is 0 Å². The second-order valence-electron chi connectivity index (χ2n) is 12.0. The molecule has 256 valence electrons. The number of carbonyl (C=O) groups is 2. The number of hydrogen-bond acceptors (Lipinski definition) is 8. The van der Waals surface area contributed by atoms with Crippen LogP contribution in [0.4, 0.5) is 15.9 Å². The molecule has 10 heteroatoms. The Morgan fingerprint density at radius 2 is 1.67 bits per heavy atom. The van der Waals surface area contributed by atoms with Gasteiger partial charge in [0.05, 0.1) is 11.8 Å². The van der Waals surface area contributed by atoms with Gasteiger partial charge in [0, 0.05) is 19.1 Å². The van der Waals surface area contributed by atoms with Crippen molar-refractivity contribution >= 4 is 29.7 Å². The van der Waals surface area contributed by atoms with Crippen molar-refractivity contribution in [2.45, 2.75) is 156 Å². The molecule has 0 amide bonds. The number of hydrogen-bond donors (Lipinski definition) is 2. The van der Waals surface area contributed by atoms with E-state index in [0.717, 1.165) is 32.1 Å². The lowest BCUT2D eigenvalue weighted by molar-refractivity contribution is -0.150. The van der Waals surface area contributed by atoms with E-state index < -0.39 is 17.6 Å². The molecular weight excluding hydrogens is 575 g/mol. The molecule has 0 aromatic carbocycles. The Morgan fingerprint density at radius 1 is 1.09 bits per heavy atom. The highest BCUT2D eigenvalue weighted by Crippen LogP contribution is 2.30. The van der Waals surface area contributed by atoms with E-state index in [9.17, 15) is 14.0 Å². The van der Waals surface area contributed by atoms with Gasteiger partial charge in [-0.2, -0.15) is 9.37 Å². The van der Waals surface area contributed by atoms with Crippen molar-refractivity contribution in [3.8, 4) is 12.3 Å². The minimum Gasteiger partial charge on any atom is -0.481 e. The molecule has 2 rings (SSSR count). The maximum absolute atomic E-state index is 12.7. The summed E-state index contributed by atoms with van der Waals surface area (Å²) in [5, 5.41) is 7.91. The highest BCUT2D eigenvalue weighted by molar-refractivity contribution is 5.71. The van der Waals surface area contributed by atoms with Gasteiger partial charge in [0.1, 0.15) is 12.3 Å². The van der Waals surface area contributed by atoms with E-state index in [2.05, 4.69) is 27.8 Å². The number of nitrogen functional groups attached to an aromatic ring is 1. The van der Waals surface area contributed by atoms with Gasteiger partial charge in [-0.25, -0.2) is 4.98 Å². The summed E-state index contributed by atoms with van der Waals surface area (Å²) < 4.78 is 23.8. The van der Waals surface area contributed by atoms with Crippen molar-refractivity contribution in [2.24, 2.45) is 10.9 Å². The predicted octanol–water partition coefficient (Wildman–Crippen LogP) is 8.54. The Balaban J connectivity index is 0.000000805. The topological polar surface area (TPSA) is 137 Å². The van der Waals surface area contributed by atoms with Gasteiger partial charge < -0.3 is 20.3 Å². The van der Waals surface area contributed by atoms with Crippen LogP contribution in [0.15, 0.2) is 4.99 Å². The van der Waals surface area contributed by atoms with Crippen LogP contribution in [0, 0.1) is 31.3 Å². The van der Waals surface area contributed by atoms with Gasteiger partial charge >= 0.3 is 18.0 Å². The maximum Gasteiger partial charge on any atom is 0.310 e. The Morgan fingerprint density at radius 3 is 2.09 bits per heavy atom. The number of carboxylic acid groups (broad SMARTS) is 1. The molecule has 1 fully saturated rings. The number of carbonyl (C=O) groups excluding carboxylic acids is 1. The molecular formula is C35H59FN4O5. The molecule has 2 heterocycles. The third-order valence-corrected chi connectivity index (χ3v) is 7.12. The fourth-order valence-corrected chi connectivity index (χ4v) is 4.55. The zero-order chi connectivity index (χ0) is 34.1. The number of carboxylic acids is 1. The summed E-state index contributed by atoms with van der Waals surface area (Å²) in [6, 6.07) is 0. The van der Waals surface area contributed by atoms with E-state index in [4.69, 9.17) is 26.7 Å². The first-order valence-corrected chi connectivity index (χ1v) is 16.8. The number of nitrogens with two attached hydrogens (primary N) is 1. The zero-order valence-electron chi connectivity index (χ0n) is 28.7. The number of rotatable bonds is 18. The average Bonchev–Trinajstić information content (AvgIpc) is 3.35. The van der Waals surface area contributed by atoms with E-state index in [1.165, 1.54) is 57.8 Å².